The van der Waals surface area contributed by atoms with E-state index in [2.05, 4.69) is 15.4 Å². The highest BCUT2D eigenvalue weighted by molar-refractivity contribution is 5.92. The average molecular weight is 360 g/mol. The molecule has 0 aliphatic rings. The fourth-order valence-electron chi connectivity index (χ4n) is 3.00. The Labute approximate surface area is 153 Å². The lowest BCUT2D eigenvalue weighted by atomic mass is 10.0. The van der Waals surface area contributed by atoms with Crippen molar-refractivity contribution in [2.24, 2.45) is 0 Å². The molecule has 7 heteroatoms. The van der Waals surface area contributed by atoms with Gasteiger partial charge < -0.3 is 15.4 Å². The number of aromatic hydroxyl groups is 1. The van der Waals surface area contributed by atoms with Gasteiger partial charge in [0.15, 0.2) is 11.4 Å². The molecule has 0 unspecified atom stereocenters. The maximum atomic E-state index is 12.0. The van der Waals surface area contributed by atoms with E-state index in [0.717, 1.165) is 22.0 Å². The van der Waals surface area contributed by atoms with E-state index in [1.165, 1.54) is 17.9 Å². The standard InChI is InChI=1S/C20H16N4O3/c1-21-20(27)18-19(26)17(25)11-24(23-18)16-5-3-2-4-14(16)13-7-6-12-8-9-22-15(12)10-13/h2-11,22,25H,1H3,(H,21,27). The first-order valence-electron chi connectivity index (χ1n) is 8.30. The van der Waals surface area contributed by atoms with Gasteiger partial charge in [-0.3, -0.25) is 9.59 Å². The summed E-state index contributed by atoms with van der Waals surface area (Å²) in [6.07, 6.45) is 3.08. The molecule has 0 fully saturated rings. The molecule has 0 atom stereocenters. The van der Waals surface area contributed by atoms with Crippen molar-refractivity contribution in [1.29, 1.82) is 0 Å². The smallest absolute Gasteiger partial charge is 0.275 e. The molecule has 27 heavy (non-hydrogen) atoms. The number of fused-ring (bicyclic) bond motifs is 1. The topological polar surface area (TPSA) is 100 Å². The Morgan fingerprint density at radius 1 is 1.19 bits per heavy atom. The first kappa shape index (κ1) is 16.6. The molecular formula is C20H16N4O3. The van der Waals surface area contributed by atoms with Crippen molar-refractivity contribution in [3.8, 4) is 22.6 Å². The van der Waals surface area contributed by atoms with E-state index in [9.17, 15) is 14.7 Å². The first-order valence-corrected chi connectivity index (χ1v) is 8.30. The van der Waals surface area contributed by atoms with Crippen LogP contribution in [0, 0.1) is 0 Å². The summed E-state index contributed by atoms with van der Waals surface area (Å²) in [5.41, 5.74) is 2.21. The zero-order chi connectivity index (χ0) is 19.0. The van der Waals surface area contributed by atoms with E-state index in [1.807, 2.05) is 48.7 Å². The number of hydrogen-bond acceptors (Lipinski definition) is 4. The lowest BCUT2D eigenvalue weighted by Crippen LogP contribution is -2.29. The number of amides is 1. The van der Waals surface area contributed by atoms with Crippen molar-refractivity contribution in [1.82, 2.24) is 20.1 Å². The zero-order valence-electron chi connectivity index (χ0n) is 14.4. The van der Waals surface area contributed by atoms with Crippen molar-refractivity contribution in [3.63, 3.8) is 0 Å². The van der Waals surface area contributed by atoms with Gasteiger partial charge in [-0.05, 0) is 29.1 Å². The van der Waals surface area contributed by atoms with Gasteiger partial charge in [0, 0.05) is 24.3 Å². The average Bonchev–Trinajstić information content (AvgIpc) is 3.17. The molecular weight excluding hydrogens is 344 g/mol. The van der Waals surface area contributed by atoms with Crippen LogP contribution in [0.1, 0.15) is 10.5 Å². The Hall–Kier alpha value is -3.87. The van der Waals surface area contributed by atoms with Gasteiger partial charge in [0.05, 0.1) is 11.9 Å². The Kier molecular flexibility index (Phi) is 3.97. The molecule has 2 heterocycles. The van der Waals surface area contributed by atoms with Crippen molar-refractivity contribution in [2.45, 2.75) is 0 Å². The molecule has 0 aliphatic heterocycles. The summed E-state index contributed by atoms with van der Waals surface area (Å²) in [4.78, 5) is 27.2. The summed E-state index contributed by atoms with van der Waals surface area (Å²) in [6, 6.07) is 15.4. The maximum absolute atomic E-state index is 12.0. The molecule has 134 valence electrons. The second kappa shape index (κ2) is 6.45. The number of aromatic nitrogens is 3. The number of rotatable bonds is 3. The van der Waals surface area contributed by atoms with Gasteiger partial charge in [-0.25, -0.2) is 4.68 Å². The molecule has 4 aromatic rings. The van der Waals surface area contributed by atoms with E-state index in [-0.39, 0.29) is 5.69 Å². The molecule has 4 rings (SSSR count). The number of para-hydroxylation sites is 1. The predicted octanol–water partition coefficient (Wildman–Crippen LogP) is 2.45. The Bertz CT molecular complexity index is 1220. The molecule has 0 aliphatic carbocycles. The number of hydrogen-bond donors (Lipinski definition) is 3. The fourth-order valence-corrected chi connectivity index (χ4v) is 3.00. The van der Waals surface area contributed by atoms with E-state index in [0.29, 0.717) is 5.69 Å². The molecule has 1 amide bonds. The quantitative estimate of drug-likeness (QED) is 0.522. The summed E-state index contributed by atoms with van der Waals surface area (Å²) >= 11 is 0. The summed E-state index contributed by atoms with van der Waals surface area (Å²) in [6.45, 7) is 0. The molecule has 3 N–H and O–H groups in total. The highest BCUT2D eigenvalue weighted by atomic mass is 16.3. The van der Waals surface area contributed by atoms with Crippen molar-refractivity contribution >= 4 is 16.8 Å². The number of carbonyl (C=O) groups is 1. The minimum Gasteiger partial charge on any atom is -0.503 e. The van der Waals surface area contributed by atoms with E-state index >= 15 is 0 Å². The number of H-pyrrole nitrogens is 1. The highest BCUT2D eigenvalue weighted by Gasteiger charge is 2.17. The molecule has 0 saturated carbocycles. The number of benzene rings is 2. The third-order valence-corrected chi connectivity index (χ3v) is 4.36. The number of carbonyl (C=O) groups excluding carboxylic acids is 1. The van der Waals surface area contributed by atoms with Gasteiger partial charge in [-0.1, -0.05) is 30.3 Å². The van der Waals surface area contributed by atoms with E-state index in [4.69, 9.17) is 0 Å². The fraction of sp³-hybridized carbons (Fsp3) is 0.0500. The molecule has 2 aromatic carbocycles. The van der Waals surface area contributed by atoms with Crippen LogP contribution in [0.3, 0.4) is 0 Å². The van der Waals surface area contributed by atoms with Gasteiger partial charge in [0.25, 0.3) is 11.3 Å². The molecule has 0 spiro atoms. The van der Waals surface area contributed by atoms with Crippen molar-refractivity contribution in [3.05, 3.63) is 76.8 Å². The zero-order valence-corrected chi connectivity index (χ0v) is 14.4. The molecule has 0 radical (unpaired) electrons. The Morgan fingerprint density at radius 2 is 2.00 bits per heavy atom. The van der Waals surface area contributed by atoms with E-state index < -0.39 is 17.1 Å². The lowest BCUT2D eigenvalue weighted by Gasteiger charge is -2.13. The van der Waals surface area contributed by atoms with Gasteiger partial charge >= 0.3 is 0 Å². The molecule has 2 aromatic heterocycles. The summed E-state index contributed by atoms with van der Waals surface area (Å²) in [5.74, 6) is -1.20. The van der Waals surface area contributed by atoms with Crippen LogP contribution in [-0.4, -0.2) is 32.8 Å². The number of nitrogens with zero attached hydrogens (tertiary/aromatic N) is 2. The third-order valence-electron chi connectivity index (χ3n) is 4.36. The minimum atomic E-state index is -0.809. The van der Waals surface area contributed by atoms with Gasteiger partial charge in [0.1, 0.15) is 0 Å². The summed E-state index contributed by atoms with van der Waals surface area (Å²) < 4.78 is 1.34. The largest absolute Gasteiger partial charge is 0.503 e. The lowest BCUT2D eigenvalue weighted by molar-refractivity contribution is 0.0954. The van der Waals surface area contributed by atoms with Crippen molar-refractivity contribution in [2.75, 3.05) is 7.05 Å². The summed E-state index contributed by atoms with van der Waals surface area (Å²) in [5, 5.41) is 17.6. The third kappa shape index (κ3) is 2.85. The predicted molar refractivity (Wildman–Crippen MR) is 102 cm³/mol. The van der Waals surface area contributed by atoms with Crippen LogP contribution >= 0.6 is 0 Å². The minimum absolute atomic E-state index is 0.368. The number of aromatic amines is 1. The molecule has 7 nitrogen and oxygen atoms in total. The first-order chi connectivity index (χ1) is 13.1. The van der Waals surface area contributed by atoms with Crippen LogP contribution in [0.5, 0.6) is 5.75 Å². The van der Waals surface area contributed by atoms with Crippen molar-refractivity contribution < 1.29 is 9.90 Å². The van der Waals surface area contributed by atoms with E-state index in [1.54, 1.807) is 6.07 Å². The Balaban J connectivity index is 1.92. The van der Waals surface area contributed by atoms with Crippen LogP contribution in [0.2, 0.25) is 0 Å². The molecule has 0 saturated heterocycles. The SMILES string of the molecule is CNC(=O)c1nn(-c2ccccc2-c2ccc3cc[nH]c3c2)cc(O)c1=O. The monoisotopic (exact) mass is 360 g/mol. The van der Waals surface area contributed by atoms with Gasteiger partial charge in [0.2, 0.25) is 0 Å². The van der Waals surface area contributed by atoms with Crippen LogP contribution in [-0.2, 0) is 0 Å². The van der Waals surface area contributed by atoms with Crippen LogP contribution in [0.15, 0.2) is 65.7 Å². The highest BCUT2D eigenvalue weighted by Crippen LogP contribution is 2.29. The Morgan fingerprint density at radius 3 is 2.81 bits per heavy atom. The summed E-state index contributed by atoms with van der Waals surface area (Å²) in [7, 11) is 1.40. The number of nitrogens with one attached hydrogen (secondary N) is 2. The second-order valence-electron chi connectivity index (χ2n) is 6.01. The van der Waals surface area contributed by atoms with Gasteiger partial charge in [-0.2, -0.15) is 5.10 Å². The normalized spacial score (nSPS) is 10.9. The molecule has 0 bridgehead atoms. The van der Waals surface area contributed by atoms with Gasteiger partial charge in [-0.15, -0.1) is 0 Å². The van der Waals surface area contributed by atoms with Crippen LogP contribution in [0.4, 0.5) is 0 Å². The van der Waals surface area contributed by atoms with Crippen LogP contribution in [0.25, 0.3) is 27.7 Å². The maximum Gasteiger partial charge on any atom is 0.275 e. The van der Waals surface area contributed by atoms with Crippen LogP contribution < -0.4 is 10.7 Å². The second-order valence-corrected chi connectivity index (χ2v) is 6.01.